The number of rotatable bonds is 17. The van der Waals surface area contributed by atoms with Gasteiger partial charge in [-0.3, -0.25) is 9.59 Å². The summed E-state index contributed by atoms with van der Waals surface area (Å²) in [6.45, 7) is 1.58. The van der Waals surface area contributed by atoms with E-state index < -0.39 is 32.4 Å². The third kappa shape index (κ3) is 10.5. The number of hydrogen-bond acceptors (Lipinski definition) is 5. The zero-order valence-electron chi connectivity index (χ0n) is 23.0. The van der Waals surface area contributed by atoms with Crippen molar-refractivity contribution < 1.29 is 23.1 Å². The molecule has 0 spiro atoms. The molecule has 0 aliphatic heterocycles. The van der Waals surface area contributed by atoms with Crippen LogP contribution in [0, 0.1) is 0 Å². The maximum absolute atomic E-state index is 12.9. The molecule has 3 rings (SSSR count). The Balaban J connectivity index is 1.57. The van der Waals surface area contributed by atoms with Gasteiger partial charge in [0.25, 0.3) is 10.0 Å². The minimum Gasteiger partial charge on any atom is -0.480 e. The molecule has 2 atom stereocenters. The van der Waals surface area contributed by atoms with Crippen molar-refractivity contribution in [1.29, 1.82) is 0 Å². The fraction of sp³-hybridized carbons (Fsp3) is 0.375. The molecule has 0 aliphatic rings. The highest BCUT2D eigenvalue weighted by molar-refractivity contribution is 8.00. The fourth-order valence-electron chi connectivity index (χ4n) is 4.63. The second-order valence-electron chi connectivity index (χ2n) is 9.96. The lowest BCUT2D eigenvalue weighted by Gasteiger charge is -2.22. The summed E-state index contributed by atoms with van der Waals surface area (Å²) < 4.78 is 27.5. The van der Waals surface area contributed by atoms with E-state index in [2.05, 4.69) is 29.0 Å². The number of amides is 1. The topological polar surface area (TPSA) is 101 Å². The van der Waals surface area contributed by atoms with Crippen LogP contribution in [0.2, 0.25) is 0 Å². The van der Waals surface area contributed by atoms with Gasteiger partial charge in [-0.05, 0) is 61.4 Å². The second kappa shape index (κ2) is 16.2. The molecule has 0 aromatic heterocycles. The van der Waals surface area contributed by atoms with Crippen LogP contribution in [0.5, 0.6) is 0 Å². The van der Waals surface area contributed by atoms with Crippen molar-refractivity contribution in [2.45, 2.75) is 80.1 Å². The van der Waals surface area contributed by atoms with Gasteiger partial charge in [-0.1, -0.05) is 98.5 Å². The Hall–Kier alpha value is -3.10. The molecule has 3 aromatic rings. The SMILES string of the molecule is CC(SC(CC(=O)NS(=O)(=O)c1ccccc1)c1ccccc1CCCCCCCCc1ccccc1)C(=O)O. The van der Waals surface area contributed by atoms with Crippen LogP contribution in [0.15, 0.2) is 89.8 Å². The van der Waals surface area contributed by atoms with Crippen molar-refractivity contribution in [2.24, 2.45) is 0 Å². The minimum absolute atomic E-state index is 0.00641. The Morgan fingerprint density at radius 1 is 0.775 bits per heavy atom. The average molecular weight is 582 g/mol. The van der Waals surface area contributed by atoms with Gasteiger partial charge in [-0.2, -0.15) is 0 Å². The van der Waals surface area contributed by atoms with Gasteiger partial charge < -0.3 is 5.11 Å². The molecule has 214 valence electrons. The first-order valence-corrected chi connectivity index (χ1v) is 16.3. The van der Waals surface area contributed by atoms with Gasteiger partial charge in [0.2, 0.25) is 5.91 Å². The number of benzene rings is 3. The smallest absolute Gasteiger partial charge is 0.316 e. The van der Waals surface area contributed by atoms with Crippen LogP contribution in [-0.4, -0.2) is 30.7 Å². The minimum atomic E-state index is -4.01. The van der Waals surface area contributed by atoms with Crippen molar-refractivity contribution in [3.63, 3.8) is 0 Å². The van der Waals surface area contributed by atoms with E-state index in [-0.39, 0.29) is 11.3 Å². The maximum atomic E-state index is 12.9. The summed E-state index contributed by atoms with van der Waals surface area (Å²) in [5, 5.41) is 8.27. The van der Waals surface area contributed by atoms with Gasteiger partial charge in [-0.15, -0.1) is 11.8 Å². The van der Waals surface area contributed by atoms with Gasteiger partial charge in [0.15, 0.2) is 0 Å². The summed E-state index contributed by atoms with van der Waals surface area (Å²) in [7, 11) is -4.01. The first kappa shape index (κ1) is 31.4. The number of carboxylic acid groups (broad SMARTS) is 1. The maximum Gasteiger partial charge on any atom is 0.316 e. The van der Waals surface area contributed by atoms with Gasteiger partial charge in [-0.25, -0.2) is 13.1 Å². The van der Waals surface area contributed by atoms with Crippen LogP contribution in [0.4, 0.5) is 0 Å². The number of hydrogen-bond donors (Lipinski definition) is 2. The molecule has 2 unspecified atom stereocenters. The molecule has 2 N–H and O–H groups in total. The third-order valence-electron chi connectivity index (χ3n) is 6.80. The normalized spacial score (nSPS) is 12.9. The van der Waals surface area contributed by atoms with E-state index in [1.54, 1.807) is 25.1 Å². The van der Waals surface area contributed by atoms with E-state index >= 15 is 0 Å². The van der Waals surface area contributed by atoms with Gasteiger partial charge in [0, 0.05) is 11.7 Å². The first-order valence-electron chi connectivity index (χ1n) is 13.9. The Bertz CT molecular complexity index is 1310. The number of unbranched alkanes of at least 4 members (excludes halogenated alkanes) is 5. The standard InChI is InChI=1S/C32H39NO5S2/c1-25(32(35)36)39-30(24-31(34)33-40(37,38)28-21-12-7-13-22-28)29-23-15-14-20-27(29)19-11-5-3-2-4-8-16-26-17-9-6-10-18-26/h6-7,9-10,12-15,17-18,20-23,25,30H,2-5,8,11,16,19,24H2,1H3,(H,33,34)(H,35,36). The number of aliphatic carboxylic acids is 1. The number of aryl methyl sites for hydroxylation is 2. The molecule has 3 aromatic carbocycles. The van der Waals surface area contributed by atoms with E-state index in [0.717, 1.165) is 43.2 Å². The Morgan fingerprint density at radius 2 is 1.32 bits per heavy atom. The molecule has 8 heteroatoms. The van der Waals surface area contributed by atoms with Crippen molar-refractivity contribution >= 4 is 33.7 Å². The largest absolute Gasteiger partial charge is 0.480 e. The predicted octanol–water partition coefficient (Wildman–Crippen LogP) is 6.96. The molecular weight excluding hydrogens is 542 g/mol. The lowest BCUT2D eigenvalue weighted by atomic mass is 9.97. The van der Waals surface area contributed by atoms with Crippen LogP contribution < -0.4 is 4.72 Å². The monoisotopic (exact) mass is 581 g/mol. The molecular formula is C32H39NO5S2. The lowest BCUT2D eigenvalue weighted by Crippen LogP contribution is -2.31. The number of thioether (sulfide) groups is 1. The van der Waals surface area contributed by atoms with Crippen LogP contribution in [0.1, 0.15) is 73.8 Å². The van der Waals surface area contributed by atoms with Crippen molar-refractivity contribution in [2.75, 3.05) is 0 Å². The lowest BCUT2D eigenvalue weighted by molar-refractivity contribution is -0.136. The highest BCUT2D eigenvalue weighted by Gasteiger charge is 2.27. The van der Waals surface area contributed by atoms with Gasteiger partial charge in [0.1, 0.15) is 5.25 Å². The average Bonchev–Trinajstić information content (AvgIpc) is 2.95. The van der Waals surface area contributed by atoms with E-state index in [4.69, 9.17) is 0 Å². The molecule has 0 radical (unpaired) electrons. The van der Waals surface area contributed by atoms with Crippen LogP contribution in [0.3, 0.4) is 0 Å². The van der Waals surface area contributed by atoms with Gasteiger partial charge in [0.05, 0.1) is 4.90 Å². The number of sulfonamides is 1. The molecule has 0 bridgehead atoms. The quantitative estimate of drug-likeness (QED) is 0.167. The first-order chi connectivity index (χ1) is 19.3. The number of carbonyl (C=O) groups is 2. The van der Waals surface area contributed by atoms with Crippen LogP contribution >= 0.6 is 11.8 Å². The highest BCUT2D eigenvalue weighted by Crippen LogP contribution is 2.37. The molecule has 0 saturated heterocycles. The van der Waals surface area contributed by atoms with Crippen molar-refractivity contribution in [1.82, 2.24) is 4.72 Å². The summed E-state index contributed by atoms with van der Waals surface area (Å²) in [4.78, 5) is 24.5. The summed E-state index contributed by atoms with van der Waals surface area (Å²) in [6, 6.07) is 26.0. The van der Waals surface area contributed by atoms with E-state index in [9.17, 15) is 23.1 Å². The third-order valence-corrected chi connectivity index (χ3v) is 9.54. The van der Waals surface area contributed by atoms with E-state index in [1.807, 2.05) is 30.3 Å². The van der Waals surface area contributed by atoms with E-state index in [0.29, 0.717) is 0 Å². The van der Waals surface area contributed by atoms with E-state index in [1.165, 1.54) is 48.7 Å². The summed E-state index contributed by atoms with van der Waals surface area (Å²) in [5.74, 6) is -1.64. The number of carbonyl (C=O) groups excluding carboxylic acids is 1. The molecule has 0 saturated carbocycles. The molecule has 6 nitrogen and oxygen atoms in total. The fourth-order valence-corrected chi connectivity index (χ4v) is 6.88. The second-order valence-corrected chi connectivity index (χ2v) is 13.2. The summed E-state index contributed by atoms with van der Waals surface area (Å²) in [6.07, 6.45) is 8.63. The Kier molecular flexibility index (Phi) is 12.8. The van der Waals surface area contributed by atoms with Crippen molar-refractivity contribution in [3.8, 4) is 0 Å². The molecule has 0 aliphatic carbocycles. The molecule has 1 amide bonds. The Labute approximate surface area is 242 Å². The Morgan fingerprint density at radius 3 is 1.98 bits per heavy atom. The predicted molar refractivity (Wildman–Crippen MR) is 162 cm³/mol. The molecule has 0 heterocycles. The zero-order chi connectivity index (χ0) is 28.8. The number of carboxylic acids is 1. The van der Waals surface area contributed by atoms with Crippen LogP contribution in [-0.2, 0) is 32.5 Å². The summed E-state index contributed by atoms with van der Waals surface area (Å²) in [5.41, 5.74) is 3.34. The molecule has 0 fully saturated rings. The highest BCUT2D eigenvalue weighted by atomic mass is 32.2. The number of nitrogens with one attached hydrogen (secondary N) is 1. The van der Waals surface area contributed by atoms with Gasteiger partial charge >= 0.3 is 5.97 Å². The van der Waals surface area contributed by atoms with Crippen molar-refractivity contribution in [3.05, 3.63) is 102 Å². The van der Waals surface area contributed by atoms with Crippen LogP contribution in [0.25, 0.3) is 0 Å². The summed E-state index contributed by atoms with van der Waals surface area (Å²) >= 11 is 1.17. The zero-order valence-corrected chi connectivity index (χ0v) is 24.6. The molecule has 40 heavy (non-hydrogen) atoms.